The van der Waals surface area contributed by atoms with E-state index in [1.807, 2.05) is 23.9 Å². The molecule has 0 radical (unpaired) electrons. The van der Waals surface area contributed by atoms with E-state index in [-0.39, 0.29) is 5.56 Å². The van der Waals surface area contributed by atoms with Crippen LogP contribution in [0.5, 0.6) is 0 Å². The van der Waals surface area contributed by atoms with Gasteiger partial charge in [0.05, 0.1) is 0 Å². The molecular formula is C19H21FN4O2S. The molecule has 3 N–H and O–H groups in total. The number of thioether (sulfide) groups is 1. The predicted octanol–water partition coefficient (Wildman–Crippen LogP) is 2.52. The summed E-state index contributed by atoms with van der Waals surface area (Å²) in [5.41, 5.74) is 6.96. The van der Waals surface area contributed by atoms with Crippen LogP contribution >= 0.6 is 11.8 Å². The van der Waals surface area contributed by atoms with E-state index in [1.165, 1.54) is 30.0 Å². The molecule has 3 rings (SSSR count). The second-order valence-corrected chi connectivity index (χ2v) is 7.26. The highest BCUT2D eigenvalue weighted by molar-refractivity contribution is 7.99. The number of benzene rings is 2. The van der Waals surface area contributed by atoms with Crippen molar-refractivity contribution in [2.75, 3.05) is 29.5 Å². The van der Waals surface area contributed by atoms with Gasteiger partial charge in [0, 0.05) is 42.4 Å². The molecule has 8 heteroatoms. The smallest absolute Gasteiger partial charge is 0.333 e. The van der Waals surface area contributed by atoms with E-state index in [0.29, 0.717) is 6.54 Å². The molecule has 1 heterocycles. The van der Waals surface area contributed by atoms with E-state index < -0.39 is 17.8 Å². The molecule has 0 spiro atoms. The van der Waals surface area contributed by atoms with Gasteiger partial charge >= 0.3 is 6.03 Å². The highest BCUT2D eigenvalue weighted by Crippen LogP contribution is 2.19. The van der Waals surface area contributed by atoms with Crippen molar-refractivity contribution >= 4 is 29.4 Å². The fourth-order valence-corrected chi connectivity index (χ4v) is 3.56. The van der Waals surface area contributed by atoms with Gasteiger partial charge in [-0.05, 0) is 42.0 Å². The van der Waals surface area contributed by atoms with Crippen molar-refractivity contribution in [1.29, 1.82) is 0 Å². The fraction of sp³-hybridized carbons (Fsp3) is 0.263. The second-order valence-electron chi connectivity index (χ2n) is 6.03. The maximum atomic E-state index is 12.8. The summed E-state index contributed by atoms with van der Waals surface area (Å²) < 4.78 is 12.8. The van der Waals surface area contributed by atoms with Gasteiger partial charge in [0.2, 0.25) is 0 Å². The molecule has 3 amide bonds. The van der Waals surface area contributed by atoms with Crippen LogP contribution in [0, 0.1) is 5.82 Å². The fourth-order valence-electron chi connectivity index (χ4n) is 2.66. The molecule has 1 saturated heterocycles. The minimum atomic E-state index is -0.525. The minimum absolute atomic E-state index is 0.253. The molecule has 0 saturated carbocycles. The average Bonchev–Trinajstić information content (AvgIpc) is 2.72. The lowest BCUT2D eigenvalue weighted by molar-refractivity contribution is 0.0936. The highest BCUT2D eigenvalue weighted by atomic mass is 32.2. The highest BCUT2D eigenvalue weighted by Gasteiger charge is 2.11. The first kappa shape index (κ1) is 19.0. The molecule has 27 heavy (non-hydrogen) atoms. The maximum Gasteiger partial charge on any atom is 0.333 e. The first-order valence-electron chi connectivity index (χ1n) is 8.63. The monoisotopic (exact) mass is 388 g/mol. The first-order chi connectivity index (χ1) is 13.1. The van der Waals surface area contributed by atoms with Gasteiger partial charge in [0.25, 0.3) is 5.91 Å². The van der Waals surface area contributed by atoms with E-state index in [9.17, 15) is 14.0 Å². The number of anilines is 1. The summed E-state index contributed by atoms with van der Waals surface area (Å²) in [6.07, 6.45) is 0. The van der Waals surface area contributed by atoms with Crippen molar-refractivity contribution < 1.29 is 14.0 Å². The second kappa shape index (κ2) is 9.27. The lowest BCUT2D eigenvalue weighted by Crippen LogP contribution is -2.46. The van der Waals surface area contributed by atoms with Crippen molar-refractivity contribution in [1.82, 2.24) is 16.2 Å². The van der Waals surface area contributed by atoms with E-state index in [4.69, 9.17) is 0 Å². The predicted molar refractivity (Wildman–Crippen MR) is 105 cm³/mol. The van der Waals surface area contributed by atoms with Gasteiger partial charge in [-0.3, -0.25) is 10.2 Å². The zero-order valence-electron chi connectivity index (χ0n) is 14.7. The number of carbonyl (C=O) groups is 2. The van der Waals surface area contributed by atoms with Crippen molar-refractivity contribution in [2.24, 2.45) is 0 Å². The Morgan fingerprint density at radius 1 is 0.963 bits per heavy atom. The Bertz CT molecular complexity index is 777. The largest absolute Gasteiger partial charge is 0.370 e. The quantitative estimate of drug-likeness (QED) is 0.704. The first-order valence-corrected chi connectivity index (χ1v) is 9.79. The number of hydrazine groups is 1. The lowest BCUT2D eigenvalue weighted by Gasteiger charge is -2.28. The number of hydrogen-bond acceptors (Lipinski definition) is 4. The molecule has 0 bridgehead atoms. The summed E-state index contributed by atoms with van der Waals surface area (Å²) in [6, 6.07) is 12.6. The number of urea groups is 1. The molecule has 142 valence electrons. The third-order valence-corrected chi connectivity index (χ3v) is 5.10. The molecule has 1 aliphatic rings. The minimum Gasteiger partial charge on any atom is -0.370 e. The number of rotatable bonds is 4. The molecule has 2 aromatic carbocycles. The Balaban J connectivity index is 1.42. The van der Waals surface area contributed by atoms with Gasteiger partial charge in [0.1, 0.15) is 5.82 Å². The van der Waals surface area contributed by atoms with Gasteiger partial charge in [-0.15, -0.1) is 0 Å². The van der Waals surface area contributed by atoms with Gasteiger partial charge in [0.15, 0.2) is 0 Å². The Morgan fingerprint density at radius 3 is 2.30 bits per heavy atom. The Labute approximate surface area is 161 Å². The Kier molecular flexibility index (Phi) is 6.54. The lowest BCUT2D eigenvalue weighted by atomic mass is 10.2. The van der Waals surface area contributed by atoms with E-state index >= 15 is 0 Å². The van der Waals surface area contributed by atoms with Crippen LogP contribution in [0.4, 0.5) is 14.9 Å². The number of hydrogen-bond donors (Lipinski definition) is 3. The molecular weight excluding hydrogens is 367 g/mol. The van der Waals surface area contributed by atoms with Crippen LogP contribution in [-0.4, -0.2) is 36.5 Å². The Hall–Kier alpha value is -2.74. The van der Waals surface area contributed by atoms with Gasteiger partial charge in [-0.25, -0.2) is 14.6 Å². The molecule has 0 unspecified atom stereocenters. The summed E-state index contributed by atoms with van der Waals surface area (Å²) in [7, 11) is 0. The molecule has 1 fully saturated rings. The third kappa shape index (κ3) is 5.62. The van der Waals surface area contributed by atoms with Gasteiger partial charge in [-0.1, -0.05) is 12.1 Å². The van der Waals surface area contributed by atoms with Crippen LogP contribution in [0.25, 0.3) is 0 Å². The van der Waals surface area contributed by atoms with E-state index in [0.717, 1.165) is 30.2 Å². The van der Waals surface area contributed by atoms with Crippen LogP contribution < -0.4 is 21.1 Å². The van der Waals surface area contributed by atoms with Crippen LogP contribution in [0.2, 0.25) is 0 Å². The van der Waals surface area contributed by atoms with Crippen LogP contribution in [0.3, 0.4) is 0 Å². The average molecular weight is 388 g/mol. The summed E-state index contributed by atoms with van der Waals surface area (Å²) in [5, 5.41) is 2.67. The maximum absolute atomic E-state index is 12.8. The SMILES string of the molecule is O=C(NCc1ccc(N2CCSCC2)cc1)NNC(=O)c1ccc(F)cc1. The van der Waals surface area contributed by atoms with Crippen molar-refractivity contribution in [3.63, 3.8) is 0 Å². The zero-order chi connectivity index (χ0) is 19.1. The molecule has 0 aliphatic carbocycles. The van der Waals surface area contributed by atoms with Gasteiger partial charge in [-0.2, -0.15) is 11.8 Å². The molecule has 0 atom stereocenters. The topological polar surface area (TPSA) is 73.5 Å². The zero-order valence-corrected chi connectivity index (χ0v) is 15.5. The number of amides is 3. The molecule has 2 aromatic rings. The normalized spacial score (nSPS) is 13.7. The summed E-state index contributed by atoms with van der Waals surface area (Å²) in [4.78, 5) is 26.0. The molecule has 1 aliphatic heterocycles. The van der Waals surface area contributed by atoms with E-state index in [1.54, 1.807) is 0 Å². The molecule has 6 nitrogen and oxygen atoms in total. The standard InChI is InChI=1S/C19H21FN4O2S/c20-16-5-3-15(4-6-16)18(25)22-23-19(26)21-13-14-1-7-17(8-2-14)24-9-11-27-12-10-24/h1-8H,9-13H2,(H,22,25)(H2,21,23,26). The number of carbonyl (C=O) groups excluding carboxylic acids is 2. The molecule has 0 aromatic heterocycles. The van der Waals surface area contributed by atoms with Crippen LogP contribution in [-0.2, 0) is 6.54 Å². The van der Waals surface area contributed by atoms with Crippen molar-refractivity contribution in [3.05, 3.63) is 65.5 Å². The van der Waals surface area contributed by atoms with E-state index in [2.05, 4.69) is 33.2 Å². The number of nitrogens with one attached hydrogen (secondary N) is 3. The number of halogens is 1. The van der Waals surface area contributed by atoms with Crippen molar-refractivity contribution in [3.8, 4) is 0 Å². The van der Waals surface area contributed by atoms with Crippen LogP contribution in [0.15, 0.2) is 48.5 Å². The Morgan fingerprint density at radius 2 is 1.63 bits per heavy atom. The summed E-state index contributed by atoms with van der Waals surface area (Å²) in [5.74, 6) is 1.34. The summed E-state index contributed by atoms with van der Waals surface area (Å²) in [6.45, 7) is 2.45. The van der Waals surface area contributed by atoms with Crippen LogP contribution in [0.1, 0.15) is 15.9 Å². The number of nitrogens with zero attached hydrogens (tertiary/aromatic N) is 1. The summed E-state index contributed by atoms with van der Waals surface area (Å²) >= 11 is 1.97. The van der Waals surface area contributed by atoms with Gasteiger partial charge < -0.3 is 10.2 Å². The third-order valence-electron chi connectivity index (χ3n) is 4.16. The van der Waals surface area contributed by atoms with Crippen molar-refractivity contribution in [2.45, 2.75) is 6.54 Å².